The van der Waals surface area contributed by atoms with Crippen molar-refractivity contribution >= 4 is 63.6 Å². The number of Topliss-reactive ketones (excluding diaryl/α,β-unsaturated/α-hetero) is 8. The van der Waals surface area contributed by atoms with Gasteiger partial charge in [-0.3, -0.25) is 38.4 Å². The summed E-state index contributed by atoms with van der Waals surface area (Å²) in [4.78, 5) is 107. The van der Waals surface area contributed by atoms with E-state index in [4.69, 9.17) is 79.6 Å². The maximum Gasteiger partial charge on any atom is 0.336 e. The Morgan fingerprint density at radius 2 is 0.614 bits per heavy atom. The highest BCUT2D eigenvalue weighted by molar-refractivity contribution is 6.05. The molecule has 0 heterocycles. The normalized spacial score (nSPS) is 10.8. The lowest BCUT2D eigenvalue weighted by atomic mass is 9.90. The Bertz CT molecular complexity index is 4830. The molecular formula is C102H151N13O12. The zero-order chi connectivity index (χ0) is 97.3. The first-order valence-corrected chi connectivity index (χ1v) is 43.8. The van der Waals surface area contributed by atoms with E-state index in [1.54, 1.807) is 75.4 Å². The molecule has 0 saturated heterocycles. The van der Waals surface area contributed by atoms with Gasteiger partial charge in [0.2, 0.25) is 0 Å². The van der Waals surface area contributed by atoms with Crippen molar-refractivity contribution in [3.63, 3.8) is 0 Å². The molecule has 0 aliphatic heterocycles. The van der Waals surface area contributed by atoms with Crippen molar-refractivity contribution in [2.45, 2.75) is 236 Å². The van der Waals surface area contributed by atoms with E-state index < -0.39 is 5.97 Å². The molecule has 696 valence electrons. The number of aromatic carboxylic acids is 1. The summed E-state index contributed by atoms with van der Waals surface area (Å²) in [7, 11) is 0. The van der Waals surface area contributed by atoms with Crippen molar-refractivity contribution in [3.05, 3.63) is 254 Å². The minimum absolute atomic E-state index is 0.00468. The molecule has 0 atom stereocenters. The van der Waals surface area contributed by atoms with Crippen LogP contribution in [-0.2, 0) is 71.7 Å². The van der Waals surface area contributed by atoms with Gasteiger partial charge in [0, 0.05) is 162 Å². The number of carbonyl (C=O) groups is 9. The Morgan fingerprint density at radius 3 is 1.02 bits per heavy atom. The highest BCUT2D eigenvalue weighted by Crippen LogP contribution is 2.30. The van der Waals surface area contributed by atoms with Crippen LogP contribution in [0, 0.1) is 82.0 Å². The van der Waals surface area contributed by atoms with Crippen LogP contribution in [0.1, 0.15) is 312 Å². The molecule has 127 heavy (non-hydrogen) atoms. The number of rotatable bonds is 33. The zero-order valence-electron chi connectivity index (χ0n) is 79.4. The van der Waals surface area contributed by atoms with Crippen molar-refractivity contribution in [1.82, 2.24) is 0 Å². The predicted octanol–water partition coefficient (Wildman–Crippen LogP) is 15.3. The van der Waals surface area contributed by atoms with Gasteiger partial charge in [-0.05, 0) is 223 Å². The summed E-state index contributed by atoms with van der Waals surface area (Å²) in [5, 5.41) is 27.9. The Hall–Kier alpha value is -10.7. The number of carbonyl (C=O) groups excluding carboxylic acids is 8. The first-order valence-electron chi connectivity index (χ1n) is 43.8. The third-order valence-corrected chi connectivity index (χ3v) is 21.4. The molecule has 8 aromatic rings. The van der Waals surface area contributed by atoms with E-state index in [1.165, 1.54) is 6.07 Å². The molecule has 0 saturated carbocycles. The van der Waals surface area contributed by atoms with Crippen LogP contribution in [0.25, 0.3) is 0 Å². The topological polar surface area (TPSA) is 553 Å². The van der Waals surface area contributed by atoms with Crippen molar-refractivity contribution in [2.24, 2.45) is 110 Å². The third kappa shape index (κ3) is 33.8. The number of hydrogen-bond donors (Lipinski definition) is 16. The van der Waals surface area contributed by atoms with Gasteiger partial charge in [-0.2, -0.15) is 0 Å². The van der Waals surface area contributed by atoms with E-state index in [0.29, 0.717) is 103 Å². The molecule has 29 N–H and O–H groups in total. The summed E-state index contributed by atoms with van der Waals surface area (Å²) in [6.45, 7) is 43.7. The van der Waals surface area contributed by atoms with Crippen LogP contribution in [-0.4, -0.2) is 80.6 Å². The second-order valence-corrected chi connectivity index (χ2v) is 33.7. The lowest BCUT2D eigenvalue weighted by Gasteiger charge is -2.15. The standard InChI is InChI=1S/C15H24N2O.C14H22N2O.C13H20N2O.2C12H18N2O.C12H15NO3.2C12H17NO2/c1-11(2)15(18)14-12(6-3-4-9-16)7-5-8-13(14)10-17;1-10(2)14(17)12-7-3-5-11(6-4-8-15)13(12)9-16;1-8(2)13(16)11-5-4-10(6-14)9(3)12(11)7-15;1-7(2)12(15)11-8(3)4-10(14)5-9(11)6-13;1-7(2)12(15)9-4-5-11(14)8(3)10(9)6-13;1-7(2)11(14)8-4-3-5-9(12(15)16)10(8)6-13;1-7(2)12(15)11-8(3)4-10(14)5-9(11)6-13;1-7(2)12(15)9-4-5-11(14)8(3)10(9)6-13/h5,7-8,11H,3-4,6,9-10,16-17H2,1-2H3;3,5,7,10H,4,6,8-9,15-16H2,1-2H3;4-5,8H,6-7,14-15H2,1-3H3;2*4-5,7H,6,13-14H2,1-3H3;3-5,7H,6,13H2,1-2H3,(H,15,16);2*4-5,7,14H,6,13H2,1-3H3. The van der Waals surface area contributed by atoms with Crippen molar-refractivity contribution in [1.29, 1.82) is 0 Å². The molecule has 0 aliphatic carbocycles. The number of benzene rings is 8. The van der Waals surface area contributed by atoms with Gasteiger partial charge in [0.1, 0.15) is 11.5 Å². The van der Waals surface area contributed by atoms with E-state index in [0.717, 1.165) is 127 Å². The van der Waals surface area contributed by atoms with Gasteiger partial charge in [0.05, 0.1) is 5.56 Å². The molecule has 0 unspecified atom stereocenters. The number of anilines is 2. The number of carboxylic acid groups (broad SMARTS) is 1. The molecule has 25 heteroatoms. The van der Waals surface area contributed by atoms with Crippen LogP contribution in [0.2, 0.25) is 0 Å². The Morgan fingerprint density at radius 1 is 0.283 bits per heavy atom. The van der Waals surface area contributed by atoms with Gasteiger partial charge in [0.15, 0.2) is 46.3 Å². The number of nitrogens with two attached hydrogens (primary N) is 13. The monoisotopic (exact) mass is 1750 g/mol. The molecule has 0 fully saturated rings. The van der Waals surface area contributed by atoms with Crippen molar-refractivity contribution in [3.8, 4) is 11.5 Å². The van der Waals surface area contributed by atoms with Gasteiger partial charge < -0.3 is 89.9 Å². The average molecular weight is 1750 g/mol. The van der Waals surface area contributed by atoms with Crippen LogP contribution in [0.5, 0.6) is 11.5 Å². The van der Waals surface area contributed by atoms with Gasteiger partial charge in [-0.25, -0.2) is 4.79 Å². The zero-order valence-corrected chi connectivity index (χ0v) is 79.4. The molecule has 0 aromatic heterocycles. The summed E-state index contributed by atoms with van der Waals surface area (Å²) in [6.07, 6.45) is 4.72. The minimum Gasteiger partial charge on any atom is -0.508 e. The second-order valence-electron chi connectivity index (χ2n) is 33.7. The number of phenols is 2. The predicted molar refractivity (Wildman–Crippen MR) is 518 cm³/mol. The average Bonchev–Trinajstić information content (AvgIpc) is 0.820. The summed E-state index contributed by atoms with van der Waals surface area (Å²) < 4.78 is 0. The number of ketones is 8. The smallest absolute Gasteiger partial charge is 0.336 e. The highest BCUT2D eigenvalue weighted by atomic mass is 16.4. The molecule has 8 aromatic carbocycles. The number of unbranched alkanes of at least 4 members (excludes halogenated alkanes) is 1. The van der Waals surface area contributed by atoms with Gasteiger partial charge in [0.25, 0.3) is 0 Å². The summed E-state index contributed by atoms with van der Waals surface area (Å²) >= 11 is 0. The third-order valence-electron chi connectivity index (χ3n) is 21.4. The summed E-state index contributed by atoms with van der Waals surface area (Å²) in [5.41, 5.74) is 94.4. The van der Waals surface area contributed by atoms with Crippen molar-refractivity contribution < 1.29 is 58.5 Å². The van der Waals surface area contributed by atoms with Crippen LogP contribution in [0.15, 0.2) is 115 Å². The van der Waals surface area contributed by atoms with E-state index in [-0.39, 0.29) is 130 Å². The van der Waals surface area contributed by atoms with Crippen LogP contribution >= 0.6 is 0 Å². The largest absolute Gasteiger partial charge is 0.508 e. The number of aryl methyl sites for hydroxylation is 4. The molecular weight excluding hydrogens is 1600 g/mol. The molecule has 0 amide bonds. The van der Waals surface area contributed by atoms with Crippen LogP contribution in [0.3, 0.4) is 0 Å². The maximum absolute atomic E-state index is 12.3. The van der Waals surface area contributed by atoms with E-state index >= 15 is 0 Å². The Balaban J connectivity index is 0.000000726. The number of carboxylic acids is 1. The molecule has 0 bridgehead atoms. The first kappa shape index (κ1) is 114. The molecule has 0 spiro atoms. The number of nitrogen functional groups attached to an aromatic ring is 2. The SMILES string of the molecule is CC(C)C(=O)c1c(CN)cccc1CCCCN.CC(C)C(=O)c1cccc(C(=O)O)c1CN.CC(C)C(=O)c1cccc(CCCN)c1CN.Cc1c(CN)ccc(C(=O)C(C)C)c1CN.Cc1c(N)ccc(C(=O)C(C)C)c1CN.Cc1c(O)ccc(C(=O)C(C)C)c1CN.Cc1cc(N)cc(CN)c1C(=O)C(C)C.Cc1cc(O)cc(CN)c1C(=O)C(C)C. The highest BCUT2D eigenvalue weighted by Gasteiger charge is 2.26. The fourth-order valence-electron chi connectivity index (χ4n) is 13.9. The van der Waals surface area contributed by atoms with E-state index in [1.807, 2.05) is 179 Å². The summed E-state index contributed by atoms with van der Waals surface area (Å²) in [6, 6.07) is 33.7. The lowest BCUT2D eigenvalue weighted by Crippen LogP contribution is -2.16. The number of phenolic OH excluding ortho intramolecular Hbond substituents is 2. The first-order chi connectivity index (χ1) is 59.6. The Kier molecular flexibility index (Phi) is 51.5. The number of aromatic hydroxyl groups is 2. The molecule has 0 aliphatic rings. The van der Waals surface area contributed by atoms with E-state index in [2.05, 4.69) is 0 Å². The van der Waals surface area contributed by atoms with Gasteiger partial charge in [-0.15, -0.1) is 0 Å². The van der Waals surface area contributed by atoms with E-state index in [9.17, 15) is 53.4 Å². The second kappa shape index (κ2) is 57.2. The lowest BCUT2D eigenvalue weighted by molar-refractivity contribution is 0.0693. The van der Waals surface area contributed by atoms with Crippen molar-refractivity contribution in [2.75, 3.05) is 24.6 Å². The Labute approximate surface area is 755 Å². The van der Waals surface area contributed by atoms with Gasteiger partial charge >= 0.3 is 5.97 Å². The van der Waals surface area contributed by atoms with Gasteiger partial charge in [-0.1, -0.05) is 171 Å². The fourth-order valence-corrected chi connectivity index (χ4v) is 13.9. The number of hydrogen-bond acceptors (Lipinski definition) is 24. The quantitative estimate of drug-likeness (QED) is 0.0103. The van der Waals surface area contributed by atoms with Crippen LogP contribution in [0.4, 0.5) is 11.4 Å². The molecule has 0 radical (unpaired) electrons. The fraction of sp³-hybridized carbons (Fsp3) is 0.441. The van der Waals surface area contributed by atoms with Crippen LogP contribution < -0.4 is 74.5 Å². The molecule has 8 rings (SSSR count). The minimum atomic E-state index is -1.06. The summed E-state index contributed by atoms with van der Waals surface area (Å²) in [5.74, 6) is -0.192. The molecule has 25 nitrogen and oxygen atoms in total. The maximum atomic E-state index is 12.3.